The second-order valence-electron chi connectivity index (χ2n) is 7.87. The van der Waals surface area contributed by atoms with E-state index in [-0.39, 0.29) is 24.5 Å². The quantitative estimate of drug-likeness (QED) is 0.581. The van der Waals surface area contributed by atoms with Crippen LogP contribution in [0.2, 0.25) is 0 Å². The summed E-state index contributed by atoms with van der Waals surface area (Å²) in [7, 11) is 0. The molecular formula is C21H30N4O5. The van der Waals surface area contributed by atoms with E-state index in [0.29, 0.717) is 36.7 Å². The van der Waals surface area contributed by atoms with Crippen molar-refractivity contribution in [1.29, 1.82) is 0 Å². The van der Waals surface area contributed by atoms with Crippen LogP contribution < -0.4 is 16.0 Å². The minimum Gasteiger partial charge on any atom is -0.467 e. The Balaban J connectivity index is 1.76. The Morgan fingerprint density at radius 1 is 1.33 bits per heavy atom. The molecule has 9 heteroatoms. The lowest BCUT2D eigenvalue weighted by atomic mass is 9.94. The largest absolute Gasteiger partial charge is 0.467 e. The number of hydrogen-bond acceptors (Lipinski definition) is 6. The molecule has 0 saturated carbocycles. The first-order chi connectivity index (χ1) is 14.4. The molecule has 164 valence electrons. The highest BCUT2D eigenvalue weighted by Crippen LogP contribution is 2.29. The molecular weight excluding hydrogens is 388 g/mol. The lowest BCUT2D eigenvalue weighted by molar-refractivity contribution is -0.139. The topological polar surface area (TPSA) is 113 Å². The number of rotatable bonds is 7. The van der Waals surface area contributed by atoms with E-state index in [1.807, 2.05) is 13.8 Å². The van der Waals surface area contributed by atoms with Crippen molar-refractivity contribution in [3.05, 3.63) is 35.4 Å². The third kappa shape index (κ3) is 5.21. The van der Waals surface area contributed by atoms with Gasteiger partial charge in [0.05, 0.1) is 18.4 Å². The van der Waals surface area contributed by atoms with Crippen LogP contribution in [0.25, 0.3) is 0 Å². The highest BCUT2D eigenvalue weighted by Gasteiger charge is 2.36. The van der Waals surface area contributed by atoms with E-state index in [4.69, 9.17) is 9.15 Å². The summed E-state index contributed by atoms with van der Waals surface area (Å²) in [6.45, 7) is 7.65. The molecule has 1 aromatic rings. The van der Waals surface area contributed by atoms with E-state index in [1.54, 1.807) is 19.1 Å². The minimum absolute atomic E-state index is 0.0133. The Kier molecular flexibility index (Phi) is 7.15. The lowest BCUT2D eigenvalue weighted by Crippen LogP contribution is -2.49. The van der Waals surface area contributed by atoms with Crippen molar-refractivity contribution >= 4 is 17.9 Å². The summed E-state index contributed by atoms with van der Waals surface area (Å²) in [5, 5.41) is 8.48. The van der Waals surface area contributed by atoms with Crippen LogP contribution in [0.3, 0.4) is 0 Å². The molecule has 2 aliphatic rings. The highest BCUT2D eigenvalue weighted by molar-refractivity contribution is 5.95. The van der Waals surface area contributed by atoms with Crippen molar-refractivity contribution in [3.63, 3.8) is 0 Å². The van der Waals surface area contributed by atoms with Crippen molar-refractivity contribution in [2.24, 2.45) is 5.92 Å². The standard InChI is InChI=1S/C21H30N4O5/c1-4-29-20(27)17-15(23-21(28)24-18(17)16-6-5-11-30-16)12-25-9-7-14(8-10-25)19(26)22-13(2)3/h5-6,11,13-14,18H,4,7-10,12H2,1-3H3,(H,22,26)(H2,23,24,28). The number of nitrogens with zero attached hydrogens (tertiary/aromatic N) is 1. The summed E-state index contributed by atoms with van der Waals surface area (Å²) in [6.07, 6.45) is 2.96. The maximum absolute atomic E-state index is 12.7. The number of furan rings is 1. The molecule has 0 aliphatic carbocycles. The number of carbonyl (C=O) groups excluding carboxylic acids is 3. The van der Waals surface area contributed by atoms with Crippen LogP contribution >= 0.6 is 0 Å². The lowest BCUT2D eigenvalue weighted by Gasteiger charge is -2.34. The number of urea groups is 1. The van der Waals surface area contributed by atoms with E-state index < -0.39 is 18.0 Å². The molecule has 3 rings (SSSR count). The Morgan fingerprint density at radius 2 is 2.07 bits per heavy atom. The molecule has 3 N–H and O–H groups in total. The molecule has 1 aromatic heterocycles. The summed E-state index contributed by atoms with van der Waals surface area (Å²) in [6, 6.07) is 2.43. The monoisotopic (exact) mass is 418 g/mol. The molecule has 30 heavy (non-hydrogen) atoms. The second-order valence-corrected chi connectivity index (χ2v) is 7.87. The Bertz CT molecular complexity index is 794. The molecule has 1 saturated heterocycles. The van der Waals surface area contributed by atoms with Gasteiger partial charge in [-0.05, 0) is 58.8 Å². The number of likely N-dealkylation sites (tertiary alicyclic amines) is 1. The SMILES string of the molecule is CCOC(=O)C1=C(CN2CCC(C(=O)NC(C)C)CC2)NC(=O)NC1c1ccco1. The fourth-order valence-corrected chi connectivity index (χ4v) is 3.84. The van der Waals surface area contributed by atoms with Gasteiger partial charge in [0.15, 0.2) is 0 Å². The number of ether oxygens (including phenoxy) is 1. The molecule has 3 heterocycles. The number of carbonyl (C=O) groups is 3. The predicted molar refractivity (Wildman–Crippen MR) is 109 cm³/mol. The average molecular weight is 418 g/mol. The van der Waals surface area contributed by atoms with Crippen LogP contribution in [0.4, 0.5) is 4.79 Å². The zero-order valence-electron chi connectivity index (χ0n) is 17.7. The van der Waals surface area contributed by atoms with E-state index >= 15 is 0 Å². The molecule has 3 amide bonds. The molecule has 0 aromatic carbocycles. The number of esters is 1. The first kappa shape index (κ1) is 21.9. The van der Waals surface area contributed by atoms with E-state index in [1.165, 1.54) is 6.26 Å². The fraction of sp³-hybridized carbons (Fsp3) is 0.571. The maximum Gasteiger partial charge on any atom is 0.338 e. The van der Waals surface area contributed by atoms with E-state index in [9.17, 15) is 14.4 Å². The van der Waals surface area contributed by atoms with Crippen molar-refractivity contribution < 1.29 is 23.5 Å². The fourth-order valence-electron chi connectivity index (χ4n) is 3.84. The Labute approximate surface area is 176 Å². The molecule has 0 radical (unpaired) electrons. The van der Waals surface area contributed by atoms with Crippen LogP contribution in [-0.2, 0) is 14.3 Å². The van der Waals surface area contributed by atoms with Gasteiger partial charge >= 0.3 is 12.0 Å². The first-order valence-corrected chi connectivity index (χ1v) is 10.4. The average Bonchev–Trinajstić information content (AvgIpc) is 3.22. The first-order valence-electron chi connectivity index (χ1n) is 10.4. The van der Waals surface area contributed by atoms with Gasteiger partial charge in [-0.1, -0.05) is 0 Å². The summed E-state index contributed by atoms with van der Waals surface area (Å²) in [5.41, 5.74) is 0.842. The van der Waals surface area contributed by atoms with E-state index in [0.717, 1.165) is 12.8 Å². The molecule has 1 unspecified atom stereocenters. The second kappa shape index (κ2) is 9.80. The van der Waals surface area contributed by atoms with Gasteiger partial charge in [0.1, 0.15) is 11.8 Å². The summed E-state index contributed by atoms with van der Waals surface area (Å²) >= 11 is 0. The summed E-state index contributed by atoms with van der Waals surface area (Å²) < 4.78 is 10.7. The third-order valence-electron chi connectivity index (χ3n) is 5.25. The van der Waals surface area contributed by atoms with Gasteiger partial charge in [-0.2, -0.15) is 0 Å². The Morgan fingerprint density at radius 3 is 2.67 bits per heavy atom. The number of piperidine rings is 1. The molecule has 0 spiro atoms. The van der Waals surface area contributed by atoms with Gasteiger partial charge in [0.25, 0.3) is 0 Å². The van der Waals surface area contributed by atoms with Crippen molar-refractivity contribution in [3.8, 4) is 0 Å². The van der Waals surface area contributed by atoms with E-state index in [2.05, 4.69) is 20.9 Å². The molecule has 9 nitrogen and oxygen atoms in total. The van der Waals surface area contributed by atoms with Crippen LogP contribution in [0, 0.1) is 5.92 Å². The number of nitrogens with one attached hydrogen (secondary N) is 3. The van der Waals surface area contributed by atoms with Gasteiger partial charge in [-0.3, -0.25) is 9.69 Å². The summed E-state index contributed by atoms with van der Waals surface area (Å²) in [4.78, 5) is 39.4. The number of hydrogen-bond donors (Lipinski definition) is 3. The van der Waals surface area contributed by atoms with Crippen LogP contribution in [-0.4, -0.2) is 55.1 Å². The van der Waals surface area contributed by atoms with Crippen LogP contribution in [0.15, 0.2) is 34.1 Å². The van der Waals surface area contributed by atoms with Gasteiger partial charge < -0.3 is 25.1 Å². The molecule has 1 fully saturated rings. The molecule has 0 bridgehead atoms. The van der Waals surface area contributed by atoms with Crippen molar-refractivity contribution in [2.45, 2.75) is 45.7 Å². The van der Waals surface area contributed by atoms with Crippen molar-refractivity contribution in [2.75, 3.05) is 26.2 Å². The smallest absolute Gasteiger partial charge is 0.338 e. The molecule has 1 atom stereocenters. The zero-order chi connectivity index (χ0) is 21.7. The van der Waals surface area contributed by atoms with Gasteiger partial charge in [0, 0.05) is 24.2 Å². The molecule has 2 aliphatic heterocycles. The Hall–Kier alpha value is -2.81. The summed E-state index contributed by atoms with van der Waals surface area (Å²) in [5.74, 6) is 0.0480. The normalized spacial score (nSPS) is 20.7. The van der Waals surface area contributed by atoms with Gasteiger partial charge in [0.2, 0.25) is 5.91 Å². The minimum atomic E-state index is -0.711. The van der Waals surface area contributed by atoms with Crippen LogP contribution in [0.5, 0.6) is 0 Å². The maximum atomic E-state index is 12.7. The zero-order valence-corrected chi connectivity index (χ0v) is 17.7. The van der Waals surface area contributed by atoms with Gasteiger partial charge in [-0.15, -0.1) is 0 Å². The predicted octanol–water partition coefficient (Wildman–Crippen LogP) is 1.69. The van der Waals surface area contributed by atoms with Gasteiger partial charge in [-0.25, -0.2) is 9.59 Å². The van der Waals surface area contributed by atoms with Crippen molar-refractivity contribution in [1.82, 2.24) is 20.9 Å². The van der Waals surface area contributed by atoms with Crippen LogP contribution in [0.1, 0.15) is 45.4 Å². The third-order valence-corrected chi connectivity index (χ3v) is 5.25. The highest BCUT2D eigenvalue weighted by atomic mass is 16.5. The number of amides is 3.